The Morgan fingerprint density at radius 3 is 2.00 bits per heavy atom. The fourth-order valence-electron chi connectivity index (χ4n) is 0.925. The normalized spacial score (nSPS) is 12.5. The monoisotopic (exact) mass is 288 g/mol. The highest BCUT2D eigenvalue weighted by atomic mass is 35.5. The number of benzene rings is 1. The quantitative estimate of drug-likeness (QED) is 0.632. The Bertz CT molecular complexity index is 521. The van der Waals surface area contributed by atoms with E-state index in [1.54, 1.807) is 0 Å². The first-order valence-corrected chi connectivity index (χ1v) is 5.73. The van der Waals surface area contributed by atoms with Crippen LogP contribution in [0.3, 0.4) is 0 Å². The van der Waals surface area contributed by atoms with Crippen molar-refractivity contribution in [3.63, 3.8) is 0 Å². The van der Waals surface area contributed by atoms with Crippen LogP contribution < -0.4 is 0 Å². The Morgan fingerprint density at radius 2 is 1.65 bits per heavy atom. The van der Waals surface area contributed by atoms with Crippen molar-refractivity contribution in [3.8, 4) is 0 Å². The molecule has 4 nitrogen and oxygen atoms in total. The molecule has 0 amide bonds. The lowest BCUT2D eigenvalue weighted by molar-refractivity contribution is -0.271. The van der Waals surface area contributed by atoms with Crippen molar-refractivity contribution in [2.75, 3.05) is 0 Å². The van der Waals surface area contributed by atoms with Gasteiger partial charge >= 0.3 is 16.5 Å². The molecule has 0 aliphatic heterocycles. The number of carbonyl (C=O) groups excluding carboxylic acids is 1. The van der Waals surface area contributed by atoms with Crippen molar-refractivity contribution < 1.29 is 30.6 Å². The van der Waals surface area contributed by atoms with Crippen LogP contribution in [-0.2, 0) is 14.3 Å². The molecule has 0 saturated heterocycles. The van der Waals surface area contributed by atoms with E-state index in [1.165, 1.54) is 0 Å². The minimum atomic E-state index is -5.31. The number of hydrogen-bond donors (Lipinski definition) is 0. The summed E-state index contributed by atoms with van der Waals surface area (Å²) in [6, 6.07) is 3.53. The van der Waals surface area contributed by atoms with Crippen molar-refractivity contribution in [2.45, 2.75) is 11.3 Å². The number of carbonyl (C=O) groups is 1. The molecule has 0 radical (unpaired) electrons. The summed E-state index contributed by atoms with van der Waals surface area (Å²) in [6.07, 6.45) is -5.31. The van der Waals surface area contributed by atoms with Crippen molar-refractivity contribution in [3.05, 3.63) is 29.8 Å². The van der Waals surface area contributed by atoms with Crippen LogP contribution >= 0.6 is 11.6 Å². The van der Waals surface area contributed by atoms with Crippen molar-refractivity contribution in [2.24, 2.45) is 0 Å². The summed E-state index contributed by atoms with van der Waals surface area (Å²) in [4.78, 5) is 9.91. The third-order valence-corrected chi connectivity index (χ3v) is 3.05. The third kappa shape index (κ3) is 3.99. The van der Waals surface area contributed by atoms with E-state index in [0.29, 0.717) is 0 Å². The highest BCUT2D eigenvalue weighted by molar-refractivity contribution is 7.86. The van der Waals surface area contributed by atoms with Gasteiger partial charge in [0, 0.05) is 5.56 Å². The Morgan fingerprint density at radius 1 is 1.18 bits per heavy atom. The number of alkyl halides is 3. The first-order valence-electron chi connectivity index (χ1n) is 3.94. The zero-order valence-electron chi connectivity index (χ0n) is 7.86. The Labute approximate surface area is 99.1 Å². The van der Waals surface area contributed by atoms with E-state index in [-0.39, 0.29) is 5.56 Å². The van der Waals surface area contributed by atoms with Crippen molar-refractivity contribution in [1.29, 1.82) is 0 Å². The Hall–Kier alpha value is -1.12. The van der Waals surface area contributed by atoms with Gasteiger partial charge in [-0.3, -0.25) is 4.79 Å². The van der Waals surface area contributed by atoms with Gasteiger partial charge in [-0.15, -0.1) is 13.2 Å². The zero-order valence-corrected chi connectivity index (χ0v) is 9.43. The third-order valence-electron chi connectivity index (χ3n) is 1.57. The molecule has 1 rings (SSSR count). The predicted octanol–water partition coefficient (Wildman–Crippen LogP) is 2.29. The second-order valence-electron chi connectivity index (χ2n) is 2.78. The van der Waals surface area contributed by atoms with E-state index < -0.39 is 26.6 Å². The minimum Gasteiger partial charge on any atom is -0.276 e. The highest BCUT2D eigenvalue weighted by Crippen LogP contribution is 2.24. The molecule has 0 aliphatic carbocycles. The molecular formula is C8H4ClF3O4S. The molecule has 0 bridgehead atoms. The van der Waals surface area contributed by atoms with Crippen LogP contribution in [0.25, 0.3) is 0 Å². The van der Waals surface area contributed by atoms with Gasteiger partial charge in [-0.1, -0.05) is 0 Å². The molecule has 0 saturated carbocycles. The highest BCUT2D eigenvalue weighted by Gasteiger charge is 2.37. The van der Waals surface area contributed by atoms with Gasteiger partial charge in [0.05, 0.1) is 4.90 Å². The smallest absolute Gasteiger partial charge is 0.276 e. The maximum Gasteiger partial charge on any atom is 0.537 e. The molecule has 17 heavy (non-hydrogen) atoms. The molecule has 1 aromatic carbocycles. The van der Waals surface area contributed by atoms with Crippen LogP contribution in [0.1, 0.15) is 10.4 Å². The van der Waals surface area contributed by atoms with Crippen molar-refractivity contribution >= 4 is 27.0 Å². The maximum atomic E-state index is 11.8. The summed E-state index contributed by atoms with van der Waals surface area (Å²) in [7, 11) is -4.94. The molecule has 0 aromatic heterocycles. The second kappa shape index (κ2) is 4.63. The molecule has 94 valence electrons. The SMILES string of the molecule is O=C(Cl)c1ccc(S(=O)(=O)OC(F)(F)F)cc1. The van der Waals surface area contributed by atoms with Gasteiger partial charge in [0.15, 0.2) is 0 Å². The lowest BCUT2D eigenvalue weighted by Gasteiger charge is -2.07. The maximum absolute atomic E-state index is 11.8. The Kier molecular flexibility index (Phi) is 3.80. The van der Waals surface area contributed by atoms with E-state index >= 15 is 0 Å². The summed E-state index contributed by atoms with van der Waals surface area (Å²) in [5, 5.41) is -0.856. The van der Waals surface area contributed by atoms with Crippen molar-refractivity contribution in [1.82, 2.24) is 0 Å². The van der Waals surface area contributed by atoms with E-state index in [4.69, 9.17) is 11.6 Å². The molecule has 0 spiro atoms. The number of hydrogen-bond acceptors (Lipinski definition) is 4. The summed E-state index contributed by atoms with van der Waals surface area (Å²) in [5.74, 6) is 0. The minimum absolute atomic E-state index is 0.0439. The summed E-state index contributed by atoms with van der Waals surface area (Å²) < 4.78 is 60.4. The molecule has 0 heterocycles. The van der Waals surface area contributed by atoms with E-state index in [2.05, 4.69) is 4.18 Å². The van der Waals surface area contributed by atoms with Crippen LogP contribution in [-0.4, -0.2) is 20.0 Å². The summed E-state index contributed by atoms with van der Waals surface area (Å²) in [5.41, 5.74) is -0.0439. The van der Waals surface area contributed by atoms with E-state index in [9.17, 15) is 26.4 Å². The summed E-state index contributed by atoms with van der Waals surface area (Å²) in [6.45, 7) is 0. The van der Waals surface area contributed by atoms with Crippen LogP contribution in [0.5, 0.6) is 0 Å². The molecular weight excluding hydrogens is 285 g/mol. The standard InChI is InChI=1S/C8H4ClF3O4S/c9-7(13)5-1-3-6(4-2-5)17(14,15)16-8(10,11)12/h1-4H. The van der Waals surface area contributed by atoms with Gasteiger partial charge in [-0.25, -0.2) is 0 Å². The van der Waals surface area contributed by atoms with Gasteiger partial charge in [0.25, 0.3) is 5.24 Å². The number of rotatable bonds is 3. The van der Waals surface area contributed by atoms with Crippen LogP contribution in [0.2, 0.25) is 0 Å². The molecule has 1 aromatic rings. The van der Waals surface area contributed by atoms with Gasteiger partial charge in [0.2, 0.25) is 0 Å². The molecule has 0 aliphatic rings. The lowest BCUT2D eigenvalue weighted by Crippen LogP contribution is -2.19. The molecule has 0 N–H and O–H groups in total. The van der Waals surface area contributed by atoms with Crippen LogP contribution in [0.4, 0.5) is 13.2 Å². The van der Waals surface area contributed by atoms with E-state index in [0.717, 1.165) is 24.3 Å². The van der Waals surface area contributed by atoms with E-state index in [1.807, 2.05) is 0 Å². The zero-order chi connectivity index (χ0) is 13.3. The molecule has 0 atom stereocenters. The number of halogens is 4. The fourth-order valence-corrected chi connectivity index (χ4v) is 1.87. The fraction of sp³-hybridized carbons (Fsp3) is 0.125. The Balaban J connectivity index is 3.05. The molecule has 0 fully saturated rings. The average Bonchev–Trinajstić information content (AvgIpc) is 2.14. The largest absolute Gasteiger partial charge is 0.537 e. The van der Waals surface area contributed by atoms with Crippen LogP contribution in [0, 0.1) is 0 Å². The second-order valence-corrected chi connectivity index (χ2v) is 4.67. The lowest BCUT2D eigenvalue weighted by atomic mass is 10.2. The van der Waals surface area contributed by atoms with Gasteiger partial charge in [-0.05, 0) is 35.9 Å². The summed E-state index contributed by atoms with van der Waals surface area (Å²) >= 11 is 5.08. The van der Waals surface area contributed by atoms with Gasteiger partial charge in [0.1, 0.15) is 0 Å². The topological polar surface area (TPSA) is 60.4 Å². The van der Waals surface area contributed by atoms with Crippen LogP contribution in [0.15, 0.2) is 29.2 Å². The molecule has 0 unspecified atom stereocenters. The van der Waals surface area contributed by atoms with Gasteiger partial charge in [-0.2, -0.15) is 12.6 Å². The first kappa shape index (κ1) is 13.9. The first-order chi connectivity index (χ1) is 7.62. The van der Waals surface area contributed by atoms with Gasteiger partial charge < -0.3 is 0 Å². The predicted molar refractivity (Wildman–Crippen MR) is 51.0 cm³/mol. The average molecular weight is 289 g/mol. The molecule has 9 heteroatoms.